The van der Waals surface area contributed by atoms with Gasteiger partial charge in [0.15, 0.2) is 5.76 Å². The summed E-state index contributed by atoms with van der Waals surface area (Å²) in [4.78, 5) is 4.80. The Morgan fingerprint density at radius 3 is 3.05 bits per heavy atom. The van der Waals surface area contributed by atoms with Crippen molar-refractivity contribution in [3.8, 4) is 0 Å². The summed E-state index contributed by atoms with van der Waals surface area (Å²) in [5.74, 6) is 1.62. The van der Waals surface area contributed by atoms with Crippen molar-refractivity contribution in [1.29, 1.82) is 0 Å². The summed E-state index contributed by atoms with van der Waals surface area (Å²) in [7, 11) is 4.38. The average molecular weight is 294 g/mol. The first-order valence-electron chi connectivity index (χ1n) is 8.08. The van der Waals surface area contributed by atoms with Crippen LogP contribution in [0.1, 0.15) is 38.1 Å². The number of rotatable bonds is 7. The van der Waals surface area contributed by atoms with Crippen molar-refractivity contribution in [2.75, 3.05) is 33.7 Å². The molecule has 0 amide bonds. The smallest absolute Gasteiger partial charge is 0.151 e. The zero-order chi connectivity index (χ0) is 15.2. The van der Waals surface area contributed by atoms with Crippen molar-refractivity contribution in [3.63, 3.8) is 0 Å². The van der Waals surface area contributed by atoms with Crippen LogP contribution in [0.3, 0.4) is 0 Å². The van der Waals surface area contributed by atoms with E-state index >= 15 is 0 Å². The summed E-state index contributed by atoms with van der Waals surface area (Å²) >= 11 is 0. The first kappa shape index (κ1) is 16.5. The molecule has 5 nitrogen and oxygen atoms in total. The second-order valence-electron chi connectivity index (χ2n) is 6.78. The molecule has 1 aromatic rings. The molecule has 1 aromatic heterocycles. The molecule has 1 aliphatic heterocycles. The molecule has 21 heavy (non-hydrogen) atoms. The lowest BCUT2D eigenvalue weighted by Crippen LogP contribution is -2.44. The number of piperidine rings is 1. The van der Waals surface area contributed by atoms with E-state index < -0.39 is 0 Å². The largest absolute Gasteiger partial charge is 0.360 e. The van der Waals surface area contributed by atoms with Crippen LogP contribution in [0, 0.1) is 5.92 Å². The summed E-state index contributed by atoms with van der Waals surface area (Å²) in [5, 5.41) is 7.55. The van der Waals surface area contributed by atoms with Gasteiger partial charge in [-0.05, 0) is 45.9 Å². The molecule has 120 valence electrons. The lowest BCUT2D eigenvalue weighted by molar-refractivity contribution is 0.121. The summed E-state index contributed by atoms with van der Waals surface area (Å²) in [6.07, 6.45) is 2.56. The average Bonchev–Trinajstić information content (AvgIpc) is 2.86. The minimum atomic E-state index is 0.622. The SMILES string of the molecule is CC(C)CNCc1cc(CN(C)C2CCCN(C)C2)on1. The molecule has 0 aromatic carbocycles. The first-order valence-corrected chi connectivity index (χ1v) is 8.08. The van der Waals surface area contributed by atoms with Crippen molar-refractivity contribution in [3.05, 3.63) is 17.5 Å². The highest BCUT2D eigenvalue weighted by Gasteiger charge is 2.22. The number of likely N-dealkylation sites (tertiary alicyclic amines) is 1. The molecule has 1 saturated heterocycles. The van der Waals surface area contributed by atoms with E-state index in [1.54, 1.807) is 0 Å². The molecular formula is C16H30N4O. The summed E-state index contributed by atoms with van der Waals surface area (Å²) in [5.41, 5.74) is 1.000. The number of likely N-dealkylation sites (N-methyl/N-ethyl adjacent to an activating group) is 2. The fraction of sp³-hybridized carbons (Fsp3) is 0.812. The zero-order valence-corrected chi connectivity index (χ0v) is 13.9. The van der Waals surface area contributed by atoms with Crippen LogP contribution < -0.4 is 5.32 Å². The second kappa shape index (κ2) is 7.92. The van der Waals surface area contributed by atoms with Crippen LogP contribution in [0.15, 0.2) is 10.6 Å². The number of aromatic nitrogens is 1. The van der Waals surface area contributed by atoms with E-state index in [4.69, 9.17) is 4.52 Å². The van der Waals surface area contributed by atoms with Gasteiger partial charge in [-0.3, -0.25) is 4.90 Å². The standard InChI is InChI=1S/C16H30N4O/c1-13(2)9-17-10-14-8-16(21-18-14)12-20(4)15-6-5-7-19(3)11-15/h8,13,15,17H,5-7,9-12H2,1-4H3. The molecule has 0 spiro atoms. The number of nitrogens with zero attached hydrogens (tertiary/aromatic N) is 3. The molecule has 1 N–H and O–H groups in total. The summed E-state index contributed by atoms with van der Waals surface area (Å²) in [6.45, 7) is 9.42. The van der Waals surface area contributed by atoms with Gasteiger partial charge in [0.1, 0.15) is 0 Å². The quantitative estimate of drug-likeness (QED) is 0.833. The maximum absolute atomic E-state index is 5.47. The molecule has 0 radical (unpaired) electrons. The zero-order valence-electron chi connectivity index (χ0n) is 13.9. The lowest BCUT2D eigenvalue weighted by atomic mass is 10.1. The van der Waals surface area contributed by atoms with Gasteiger partial charge in [0.05, 0.1) is 12.2 Å². The Bertz CT molecular complexity index is 418. The topological polar surface area (TPSA) is 44.5 Å². The van der Waals surface area contributed by atoms with Crippen molar-refractivity contribution in [1.82, 2.24) is 20.3 Å². The van der Waals surface area contributed by atoms with E-state index in [9.17, 15) is 0 Å². The molecule has 0 bridgehead atoms. The maximum atomic E-state index is 5.47. The first-order chi connectivity index (χ1) is 10.0. The van der Waals surface area contributed by atoms with Crippen LogP contribution in [0.2, 0.25) is 0 Å². The molecule has 1 atom stereocenters. The number of hydrogen-bond acceptors (Lipinski definition) is 5. The molecule has 1 fully saturated rings. The van der Waals surface area contributed by atoms with Gasteiger partial charge in [0, 0.05) is 25.2 Å². The van der Waals surface area contributed by atoms with Crippen molar-refractivity contribution in [2.24, 2.45) is 5.92 Å². The fourth-order valence-corrected chi connectivity index (χ4v) is 2.88. The van der Waals surface area contributed by atoms with E-state index in [0.29, 0.717) is 12.0 Å². The predicted molar refractivity (Wildman–Crippen MR) is 85.0 cm³/mol. The van der Waals surface area contributed by atoms with Crippen LogP contribution in [0.25, 0.3) is 0 Å². The van der Waals surface area contributed by atoms with Gasteiger partial charge in [-0.25, -0.2) is 0 Å². The van der Waals surface area contributed by atoms with E-state index in [2.05, 4.69) is 54.3 Å². The van der Waals surface area contributed by atoms with Gasteiger partial charge in [0.2, 0.25) is 0 Å². The Hall–Kier alpha value is -0.910. The van der Waals surface area contributed by atoms with Gasteiger partial charge < -0.3 is 14.7 Å². The van der Waals surface area contributed by atoms with Crippen LogP contribution in [-0.2, 0) is 13.1 Å². The number of hydrogen-bond donors (Lipinski definition) is 1. The molecule has 2 heterocycles. The summed E-state index contributed by atoms with van der Waals surface area (Å²) in [6, 6.07) is 2.70. The van der Waals surface area contributed by atoms with Gasteiger partial charge in [-0.15, -0.1) is 0 Å². The molecule has 0 saturated carbocycles. The van der Waals surface area contributed by atoms with Gasteiger partial charge in [-0.1, -0.05) is 19.0 Å². The Morgan fingerprint density at radius 2 is 2.33 bits per heavy atom. The third kappa shape index (κ3) is 5.41. The third-order valence-electron chi connectivity index (χ3n) is 4.09. The minimum absolute atomic E-state index is 0.622. The Balaban J connectivity index is 1.78. The lowest BCUT2D eigenvalue weighted by Gasteiger charge is -2.35. The van der Waals surface area contributed by atoms with Gasteiger partial charge in [0.25, 0.3) is 0 Å². The molecule has 1 unspecified atom stereocenters. The molecule has 5 heteroatoms. The van der Waals surface area contributed by atoms with Crippen molar-refractivity contribution >= 4 is 0 Å². The Labute approximate surface area is 128 Å². The molecule has 0 aliphatic carbocycles. The Kier molecular flexibility index (Phi) is 6.21. The van der Waals surface area contributed by atoms with E-state index in [0.717, 1.165) is 37.6 Å². The Morgan fingerprint density at radius 1 is 1.52 bits per heavy atom. The highest BCUT2D eigenvalue weighted by Crippen LogP contribution is 2.16. The van der Waals surface area contributed by atoms with Gasteiger partial charge in [-0.2, -0.15) is 0 Å². The predicted octanol–water partition coefficient (Wildman–Crippen LogP) is 1.95. The molecule has 2 rings (SSSR count). The second-order valence-corrected chi connectivity index (χ2v) is 6.78. The van der Waals surface area contributed by atoms with Crippen molar-refractivity contribution in [2.45, 2.75) is 45.8 Å². The van der Waals surface area contributed by atoms with Crippen LogP contribution in [0.5, 0.6) is 0 Å². The highest BCUT2D eigenvalue weighted by atomic mass is 16.5. The van der Waals surface area contributed by atoms with Crippen LogP contribution in [-0.4, -0.2) is 54.7 Å². The summed E-state index contributed by atoms with van der Waals surface area (Å²) < 4.78 is 5.47. The monoisotopic (exact) mass is 294 g/mol. The normalized spacial score (nSPS) is 20.6. The minimum Gasteiger partial charge on any atom is -0.360 e. The highest BCUT2D eigenvalue weighted by molar-refractivity contribution is 5.05. The third-order valence-corrected chi connectivity index (χ3v) is 4.09. The van der Waals surface area contributed by atoms with Crippen molar-refractivity contribution < 1.29 is 4.52 Å². The van der Waals surface area contributed by atoms with Crippen LogP contribution >= 0.6 is 0 Å². The molecular weight excluding hydrogens is 264 g/mol. The molecule has 1 aliphatic rings. The maximum Gasteiger partial charge on any atom is 0.151 e. The van der Waals surface area contributed by atoms with E-state index in [1.807, 2.05) is 0 Å². The van der Waals surface area contributed by atoms with Crippen LogP contribution in [0.4, 0.5) is 0 Å². The fourth-order valence-electron chi connectivity index (χ4n) is 2.88. The van der Waals surface area contributed by atoms with E-state index in [1.165, 1.54) is 19.4 Å². The van der Waals surface area contributed by atoms with Gasteiger partial charge >= 0.3 is 0 Å². The van der Waals surface area contributed by atoms with E-state index in [-0.39, 0.29) is 0 Å². The number of nitrogens with one attached hydrogen (secondary N) is 1.